The van der Waals surface area contributed by atoms with E-state index in [9.17, 15) is 8.78 Å². The van der Waals surface area contributed by atoms with E-state index in [-0.39, 0.29) is 6.10 Å². The van der Waals surface area contributed by atoms with Crippen LogP contribution in [0, 0.1) is 0 Å². The zero-order chi connectivity index (χ0) is 12.1. The van der Waals surface area contributed by atoms with E-state index in [4.69, 9.17) is 4.74 Å². The number of para-hydroxylation sites is 2. The number of nitrogens with one attached hydrogen (secondary N) is 1. The maximum absolute atomic E-state index is 12.4. The summed E-state index contributed by atoms with van der Waals surface area (Å²) in [5.41, 5.74) is 0.601. The van der Waals surface area contributed by atoms with E-state index in [0.29, 0.717) is 11.4 Å². The van der Waals surface area contributed by atoms with E-state index >= 15 is 0 Å². The van der Waals surface area contributed by atoms with Crippen LogP contribution >= 0.6 is 0 Å². The molecule has 1 aromatic rings. The van der Waals surface area contributed by atoms with Crippen molar-refractivity contribution in [3.05, 3.63) is 24.3 Å². The van der Waals surface area contributed by atoms with Crippen molar-refractivity contribution in [3.63, 3.8) is 0 Å². The highest BCUT2D eigenvalue weighted by Gasteiger charge is 2.15. The number of benzene rings is 1. The van der Waals surface area contributed by atoms with E-state index in [1.807, 2.05) is 19.9 Å². The van der Waals surface area contributed by atoms with Gasteiger partial charge < -0.3 is 10.1 Å². The smallest absolute Gasteiger partial charge is 0.258 e. The van der Waals surface area contributed by atoms with Gasteiger partial charge in [0.1, 0.15) is 5.75 Å². The Morgan fingerprint density at radius 2 is 1.75 bits per heavy atom. The van der Waals surface area contributed by atoms with Crippen LogP contribution in [0.15, 0.2) is 24.3 Å². The van der Waals surface area contributed by atoms with Gasteiger partial charge in [-0.2, -0.15) is 0 Å². The summed E-state index contributed by atoms with van der Waals surface area (Å²) < 4.78 is 30.3. The molecule has 90 valence electrons. The van der Waals surface area contributed by atoms with E-state index in [0.717, 1.165) is 0 Å². The van der Waals surface area contributed by atoms with Crippen LogP contribution in [-0.4, -0.2) is 18.6 Å². The number of hydrogen-bond acceptors (Lipinski definition) is 2. The zero-order valence-corrected chi connectivity index (χ0v) is 9.71. The number of hydrogen-bond donors (Lipinski definition) is 1. The molecule has 0 spiro atoms. The van der Waals surface area contributed by atoms with Crippen molar-refractivity contribution in [2.45, 2.75) is 39.3 Å². The lowest BCUT2D eigenvalue weighted by Gasteiger charge is -2.18. The second-order valence-corrected chi connectivity index (χ2v) is 3.93. The van der Waals surface area contributed by atoms with Crippen LogP contribution in [0.3, 0.4) is 0 Å². The Kier molecular flexibility index (Phi) is 4.52. The second kappa shape index (κ2) is 5.68. The van der Waals surface area contributed by atoms with Crippen LogP contribution < -0.4 is 10.1 Å². The van der Waals surface area contributed by atoms with Crippen molar-refractivity contribution >= 4 is 5.69 Å². The van der Waals surface area contributed by atoms with Crippen molar-refractivity contribution in [1.82, 2.24) is 0 Å². The minimum absolute atomic E-state index is 0.0183. The average Bonchev–Trinajstić information content (AvgIpc) is 2.20. The highest BCUT2D eigenvalue weighted by atomic mass is 19.3. The Morgan fingerprint density at radius 3 is 2.31 bits per heavy atom. The maximum Gasteiger partial charge on any atom is 0.258 e. The molecule has 0 fully saturated rings. The molecule has 1 rings (SSSR count). The fourth-order valence-electron chi connectivity index (χ4n) is 1.25. The van der Waals surface area contributed by atoms with Gasteiger partial charge in [0.2, 0.25) is 0 Å². The number of anilines is 1. The monoisotopic (exact) mass is 229 g/mol. The maximum atomic E-state index is 12.4. The first kappa shape index (κ1) is 12.7. The molecule has 1 unspecified atom stereocenters. The molecule has 0 aliphatic rings. The third kappa shape index (κ3) is 3.68. The zero-order valence-electron chi connectivity index (χ0n) is 9.71. The second-order valence-electron chi connectivity index (χ2n) is 3.93. The average molecular weight is 229 g/mol. The fourth-order valence-corrected chi connectivity index (χ4v) is 1.25. The number of alkyl halides is 2. The molecular weight excluding hydrogens is 212 g/mol. The minimum atomic E-state index is -2.40. The Balaban J connectivity index is 2.78. The van der Waals surface area contributed by atoms with Crippen molar-refractivity contribution in [2.24, 2.45) is 0 Å². The SMILES string of the molecule is CC(C)Oc1ccccc1NC(C)C(F)F. The summed E-state index contributed by atoms with van der Waals surface area (Å²) in [6, 6.07) is 6.21. The summed E-state index contributed by atoms with van der Waals surface area (Å²) in [4.78, 5) is 0. The van der Waals surface area contributed by atoms with Crippen molar-refractivity contribution in [3.8, 4) is 5.75 Å². The molecule has 1 N–H and O–H groups in total. The summed E-state index contributed by atoms with van der Waals surface area (Å²) in [6.07, 6.45) is -2.38. The van der Waals surface area contributed by atoms with E-state index in [2.05, 4.69) is 5.32 Å². The van der Waals surface area contributed by atoms with E-state index < -0.39 is 12.5 Å². The standard InChI is InChI=1S/C12H17F2NO/c1-8(2)16-11-7-5-4-6-10(11)15-9(3)12(13)14/h4-9,12,15H,1-3H3. The van der Waals surface area contributed by atoms with Crippen LogP contribution in [0.2, 0.25) is 0 Å². The molecule has 0 bridgehead atoms. The molecule has 16 heavy (non-hydrogen) atoms. The van der Waals surface area contributed by atoms with Crippen LogP contribution in [0.1, 0.15) is 20.8 Å². The van der Waals surface area contributed by atoms with Gasteiger partial charge in [-0.3, -0.25) is 0 Å². The van der Waals surface area contributed by atoms with Gasteiger partial charge in [0.05, 0.1) is 17.8 Å². The first-order chi connectivity index (χ1) is 7.50. The van der Waals surface area contributed by atoms with Crippen molar-refractivity contribution < 1.29 is 13.5 Å². The first-order valence-electron chi connectivity index (χ1n) is 5.31. The predicted octanol–water partition coefficient (Wildman–Crippen LogP) is 3.54. The van der Waals surface area contributed by atoms with Gasteiger partial charge in [0.15, 0.2) is 0 Å². The Morgan fingerprint density at radius 1 is 1.12 bits per heavy atom. The van der Waals surface area contributed by atoms with Gasteiger partial charge in [-0.15, -0.1) is 0 Å². The van der Waals surface area contributed by atoms with Gasteiger partial charge >= 0.3 is 0 Å². The van der Waals surface area contributed by atoms with Gasteiger partial charge in [-0.25, -0.2) is 8.78 Å². The highest BCUT2D eigenvalue weighted by molar-refractivity contribution is 5.56. The molecule has 0 amide bonds. The first-order valence-corrected chi connectivity index (χ1v) is 5.31. The molecule has 0 heterocycles. The number of rotatable bonds is 5. The third-order valence-electron chi connectivity index (χ3n) is 2.01. The summed E-state index contributed by atoms with van der Waals surface area (Å²) >= 11 is 0. The quantitative estimate of drug-likeness (QED) is 0.833. The molecular formula is C12H17F2NO. The lowest BCUT2D eigenvalue weighted by molar-refractivity contribution is 0.130. The van der Waals surface area contributed by atoms with Gasteiger partial charge in [0.25, 0.3) is 6.43 Å². The normalized spacial score (nSPS) is 12.9. The number of ether oxygens (including phenoxy) is 1. The molecule has 0 radical (unpaired) electrons. The van der Waals surface area contributed by atoms with E-state index in [1.165, 1.54) is 6.92 Å². The Hall–Kier alpha value is -1.32. The number of halogens is 2. The third-order valence-corrected chi connectivity index (χ3v) is 2.01. The predicted molar refractivity (Wildman–Crippen MR) is 61.3 cm³/mol. The molecule has 0 saturated carbocycles. The molecule has 0 aromatic heterocycles. The molecule has 0 saturated heterocycles. The van der Waals surface area contributed by atoms with Gasteiger partial charge in [-0.1, -0.05) is 12.1 Å². The highest BCUT2D eigenvalue weighted by Crippen LogP contribution is 2.26. The summed E-state index contributed by atoms with van der Waals surface area (Å²) in [7, 11) is 0. The molecule has 0 aliphatic heterocycles. The topological polar surface area (TPSA) is 21.3 Å². The van der Waals surface area contributed by atoms with Crippen LogP contribution in [0.4, 0.5) is 14.5 Å². The van der Waals surface area contributed by atoms with Crippen molar-refractivity contribution in [1.29, 1.82) is 0 Å². The molecule has 0 aliphatic carbocycles. The minimum Gasteiger partial charge on any atom is -0.489 e. The van der Waals surface area contributed by atoms with Gasteiger partial charge in [-0.05, 0) is 32.9 Å². The molecule has 1 atom stereocenters. The Bertz CT molecular complexity index is 329. The summed E-state index contributed by atoms with van der Waals surface area (Å²) in [5, 5.41) is 2.74. The molecule has 2 nitrogen and oxygen atoms in total. The fraction of sp³-hybridized carbons (Fsp3) is 0.500. The molecule has 1 aromatic carbocycles. The summed E-state index contributed by atoms with van der Waals surface area (Å²) in [6.45, 7) is 5.23. The van der Waals surface area contributed by atoms with Crippen LogP contribution in [0.25, 0.3) is 0 Å². The molecule has 4 heteroatoms. The Labute approximate surface area is 94.6 Å². The van der Waals surface area contributed by atoms with Gasteiger partial charge in [0, 0.05) is 0 Å². The lowest BCUT2D eigenvalue weighted by atomic mass is 10.2. The van der Waals surface area contributed by atoms with Crippen LogP contribution in [0.5, 0.6) is 5.75 Å². The largest absolute Gasteiger partial charge is 0.489 e. The van der Waals surface area contributed by atoms with Crippen molar-refractivity contribution in [2.75, 3.05) is 5.32 Å². The van der Waals surface area contributed by atoms with Crippen LogP contribution in [-0.2, 0) is 0 Å². The van der Waals surface area contributed by atoms with E-state index in [1.54, 1.807) is 18.2 Å². The lowest BCUT2D eigenvalue weighted by Crippen LogP contribution is -2.24. The summed E-state index contributed by atoms with van der Waals surface area (Å²) in [5.74, 6) is 0.602.